The SMILES string of the molecule is CN1CC[C@@]2(C=CCO2)[C@@H]1c1ccccc1. The van der Waals surface area contributed by atoms with Gasteiger partial charge in [0.1, 0.15) is 5.60 Å². The molecule has 0 aliphatic carbocycles. The van der Waals surface area contributed by atoms with Gasteiger partial charge in [-0.15, -0.1) is 0 Å². The van der Waals surface area contributed by atoms with Crippen LogP contribution in [0.4, 0.5) is 0 Å². The van der Waals surface area contributed by atoms with Gasteiger partial charge in [0.2, 0.25) is 0 Å². The van der Waals surface area contributed by atoms with Gasteiger partial charge in [0.25, 0.3) is 0 Å². The molecule has 1 aromatic rings. The average Bonchev–Trinajstić information content (AvgIpc) is 2.90. The Labute approximate surface area is 96.5 Å². The molecule has 1 spiro atoms. The van der Waals surface area contributed by atoms with Crippen LogP contribution in [0.5, 0.6) is 0 Å². The second kappa shape index (κ2) is 3.72. The van der Waals surface area contributed by atoms with Crippen LogP contribution in [0.25, 0.3) is 0 Å². The van der Waals surface area contributed by atoms with Crippen LogP contribution in [-0.4, -0.2) is 30.7 Å². The molecule has 2 aliphatic heterocycles. The van der Waals surface area contributed by atoms with Gasteiger partial charge in [0.05, 0.1) is 12.6 Å². The first-order chi connectivity index (χ1) is 7.82. The lowest BCUT2D eigenvalue weighted by molar-refractivity contribution is 0.0000348. The maximum Gasteiger partial charge on any atom is 0.108 e. The lowest BCUT2D eigenvalue weighted by Gasteiger charge is -2.32. The maximum atomic E-state index is 5.99. The van der Waals surface area contributed by atoms with Gasteiger partial charge in [-0.1, -0.05) is 42.5 Å². The Kier molecular flexibility index (Phi) is 2.34. The first kappa shape index (κ1) is 10.1. The van der Waals surface area contributed by atoms with E-state index in [4.69, 9.17) is 4.74 Å². The molecule has 1 aromatic carbocycles. The van der Waals surface area contributed by atoms with E-state index in [2.05, 4.69) is 54.4 Å². The van der Waals surface area contributed by atoms with Gasteiger partial charge < -0.3 is 4.74 Å². The van der Waals surface area contributed by atoms with Crippen LogP contribution < -0.4 is 0 Å². The highest BCUT2D eigenvalue weighted by Crippen LogP contribution is 2.44. The van der Waals surface area contributed by atoms with Crippen molar-refractivity contribution in [3.8, 4) is 0 Å². The van der Waals surface area contributed by atoms with Gasteiger partial charge in [-0.25, -0.2) is 0 Å². The van der Waals surface area contributed by atoms with Gasteiger partial charge in [0, 0.05) is 6.54 Å². The lowest BCUT2D eigenvalue weighted by atomic mass is 9.89. The summed E-state index contributed by atoms with van der Waals surface area (Å²) < 4.78 is 5.99. The Bertz CT molecular complexity index is 400. The van der Waals surface area contributed by atoms with E-state index in [9.17, 15) is 0 Å². The van der Waals surface area contributed by atoms with Crippen molar-refractivity contribution < 1.29 is 4.74 Å². The number of likely N-dealkylation sites (tertiary alicyclic amines) is 1. The molecule has 0 aromatic heterocycles. The fourth-order valence-electron chi connectivity index (χ4n) is 2.99. The van der Waals surface area contributed by atoms with Crippen LogP contribution in [-0.2, 0) is 4.74 Å². The van der Waals surface area contributed by atoms with Crippen LogP contribution in [0.15, 0.2) is 42.5 Å². The van der Waals surface area contributed by atoms with Crippen molar-refractivity contribution in [3.05, 3.63) is 48.0 Å². The predicted octanol–water partition coefficient (Wildman–Crippen LogP) is 2.39. The van der Waals surface area contributed by atoms with Gasteiger partial charge in [-0.3, -0.25) is 4.90 Å². The van der Waals surface area contributed by atoms with Crippen LogP contribution in [0.2, 0.25) is 0 Å². The Morgan fingerprint density at radius 2 is 2.12 bits per heavy atom. The monoisotopic (exact) mass is 215 g/mol. The molecular formula is C14H17NO. The minimum absolute atomic E-state index is 0.0733. The number of benzene rings is 1. The van der Waals surface area contributed by atoms with E-state index >= 15 is 0 Å². The Hall–Kier alpha value is -1.12. The molecule has 16 heavy (non-hydrogen) atoms. The second-order valence-electron chi connectivity index (χ2n) is 4.71. The van der Waals surface area contributed by atoms with Crippen molar-refractivity contribution in [2.45, 2.75) is 18.1 Å². The number of hydrogen-bond donors (Lipinski definition) is 0. The highest BCUT2D eigenvalue weighted by Gasteiger charge is 2.47. The van der Waals surface area contributed by atoms with Crippen molar-refractivity contribution >= 4 is 0 Å². The number of rotatable bonds is 1. The van der Waals surface area contributed by atoms with Crippen molar-refractivity contribution in [1.29, 1.82) is 0 Å². The van der Waals surface area contributed by atoms with Gasteiger partial charge >= 0.3 is 0 Å². The molecule has 2 aliphatic rings. The van der Waals surface area contributed by atoms with Crippen LogP contribution in [0.1, 0.15) is 18.0 Å². The molecule has 84 valence electrons. The molecule has 0 saturated carbocycles. The third-order valence-corrected chi connectivity index (χ3v) is 3.72. The normalized spacial score (nSPS) is 33.9. The zero-order valence-electron chi connectivity index (χ0n) is 9.60. The standard InChI is InChI=1S/C14H17NO/c1-15-10-9-14(8-5-11-16-14)13(15)12-6-3-2-4-7-12/h2-8,13H,9-11H2,1H3/t13-,14-/m0/s1. The summed E-state index contributed by atoms with van der Waals surface area (Å²) >= 11 is 0. The molecule has 0 amide bonds. The molecule has 0 N–H and O–H groups in total. The fraction of sp³-hybridized carbons (Fsp3) is 0.429. The largest absolute Gasteiger partial charge is 0.365 e. The fourth-order valence-corrected chi connectivity index (χ4v) is 2.99. The lowest BCUT2D eigenvalue weighted by Crippen LogP contribution is -2.34. The number of hydrogen-bond acceptors (Lipinski definition) is 2. The molecule has 2 heteroatoms. The Balaban J connectivity index is 2.00. The van der Waals surface area contributed by atoms with Crippen LogP contribution in [0, 0.1) is 0 Å². The minimum atomic E-state index is -0.0733. The Morgan fingerprint density at radius 3 is 2.81 bits per heavy atom. The molecule has 1 saturated heterocycles. The quantitative estimate of drug-likeness (QED) is 0.667. The summed E-state index contributed by atoms with van der Waals surface area (Å²) in [5.74, 6) is 0. The van der Waals surface area contributed by atoms with Crippen molar-refractivity contribution in [2.75, 3.05) is 20.2 Å². The van der Waals surface area contributed by atoms with E-state index in [1.807, 2.05) is 0 Å². The molecule has 3 rings (SSSR count). The van der Waals surface area contributed by atoms with E-state index in [0.717, 1.165) is 19.6 Å². The zero-order valence-corrected chi connectivity index (χ0v) is 9.60. The van der Waals surface area contributed by atoms with Crippen molar-refractivity contribution in [1.82, 2.24) is 4.90 Å². The van der Waals surface area contributed by atoms with Gasteiger partial charge in [-0.2, -0.15) is 0 Å². The predicted molar refractivity (Wildman–Crippen MR) is 64.3 cm³/mol. The maximum absolute atomic E-state index is 5.99. The number of likely N-dealkylation sites (N-methyl/N-ethyl adjacent to an activating group) is 1. The average molecular weight is 215 g/mol. The second-order valence-corrected chi connectivity index (χ2v) is 4.71. The highest BCUT2D eigenvalue weighted by molar-refractivity contribution is 5.29. The Morgan fingerprint density at radius 1 is 1.31 bits per heavy atom. The van der Waals surface area contributed by atoms with Crippen molar-refractivity contribution in [2.24, 2.45) is 0 Å². The summed E-state index contributed by atoms with van der Waals surface area (Å²) in [6, 6.07) is 11.0. The summed E-state index contributed by atoms with van der Waals surface area (Å²) in [5, 5.41) is 0. The zero-order chi connectivity index (χ0) is 11.0. The van der Waals surface area contributed by atoms with Gasteiger partial charge in [-0.05, 0) is 19.0 Å². The van der Waals surface area contributed by atoms with E-state index in [1.165, 1.54) is 5.56 Å². The summed E-state index contributed by atoms with van der Waals surface area (Å²) in [6.45, 7) is 1.86. The number of ether oxygens (including phenoxy) is 1. The molecule has 0 radical (unpaired) electrons. The minimum Gasteiger partial charge on any atom is -0.365 e. The summed E-state index contributed by atoms with van der Waals surface area (Å²) in [4.78, 5) is 2.39. The van der Waals surface area contributed by atoms with E-state index in [1.54, 1.807) is 0 Å². The van der Waals surface area contributed by atoms with Crippen LogP contribution in [0.3, 0.4) is 0 Å². The van der Waals surface area contributed by atoms with Gasteiger partial charge in [0.15, 0.2) is 0 Å². The summed E-state index contributed by atoms with van der Waals surface area (Å²) in [6.07, 6.45) is 5.50. The number of nitrogens with zero attached hydrogens (tertiary/aromatic N) is 1. The molecule has 1 fully saturated rings. The molecule has 2 heterocycles. The van der Waals surface area contributed by atoms with Crippen LogP contribution >= 0.6 is 0 Å². The smallest absolute Gasteiger partial charge is 0.108 e. The van der Waals surface area contributed by atoms with E-state index < -0.39 is 0 Å². The molecule has 2 nitrogen and oxygen atoms in total. The summed E-state index contributed by atoms with van der Waals surface area (Å²) in [5.41, 5.74) is 1.28. The molecular weight excluding hydrogens is 198 g/mol. The molecule has 0 bridgehead atoms. The van der Waals surface area contributed by atoms with E-state index in [-0.39, 0.29) is 5.60 Å². The van der Waals surface area contributed by atoms with E-state index in [0.29, 0.717) is 6.04 Å². The highest BCUT2D eigenvalue weighted by atomic mass is 16.5. The van der Waals surface area contributed by atoms with Crippen molar-refractivity contribution in [3.63, 3.8) is 0 Å². The third kappa shape index (κ3) is 1.41. The first-order valence-corrected chi connectivity index (χ1v) is 5.89. The third-order valence-electron chi connectivity index (χ3n) is 3.72. The topological polar surface area (TPSA) is 12.5 Å². The first-order valence-electron chi connectivity index (χ1n) is 5.89. The molecule has 2 atom stereocenters. The molecule has 0 unspecified atom stereocenters. The summed E-state index contributed by atoms with van der Waals surface area (Å²) in [7, 11) is 2.18.